The number of benzene rings is 1. The summed E-state index contributed by atoms with van der Waals surface area (Å²) in [4.78, 5) is 17.0. The minimum Gasteiger partial charge on any atom is -0.325 e. The third kappa shape index (κ3) is 4.44. The first-order valence-corrected chi connectivity index (χ1v) is 8.73. The van der Waals surface area contributed by atoms with Gasteiger partial charge in [0.2, 0.25) is 5.91 Å². The van der Waals surface area contributed by atoms with Crippen molar-refractivity contribution >= 4 is 23.2 Å². The molecule has 1 amide bonds. The maximum atomic E-state index is 12.2. The molecule has 1 atom stereocenters. The molecule has 1 unspecified atom stereocenters. The van der Waals surface area contributed by atoms with Gasteiger partial charge in [0, 0.05) is 49.5 Å². The van der Waals surface area contributed by atoms with Gasteiger partial charge in [0.25, 0.3) is 0 Å². The number of nitrogens with zero attached hydrogens (tertiary/aromatic N) is 2. The second-order valence-electron chi connectivity index (χ2n) is 6.47. The molecule has 0 radical (unpaired) electrons. The van der Waals surface area contributed by atoms with Crippen LogP contribution in [0.25, 0.3) is 0 Å². The Bertz CT molecular complexity index is 552. The van der Waals surface area contributed by atoms with Gasteiger partial charge in [-0.3, -0.25) is 14.6 Å². The van der Waals surface area contributed by atoms with Crippen LogP contribution in [0.4, 0.5) is 5.69 Å². The predicted molar refractivity (Wildman–Crippen MR) is 94.1 cm³/mol. The van der Waals surface area contributed by atoms with Gasteiger partial charge in [0.05, 0.1) is 6.54 Å². The average Bonchev–Trinajstić information content (AvgIpc) is 3.06. The second-order valence-corrected chi connectivity index (χ2v) is 6.88. The van der Waals surface area contributed by atoms with Gasteiger partial charge in [-0.2, -0.15) is 0 Å². The van der Waals surface area contributed by atoms with Crippen LogP contribution in [-0.2, 0) is 4.79 Å². The van der Waals surface area contributed by atoms with Crippen molar-refractivity contribution in [2.75, 3.05) is 51.1 Å². The van der Waals surface area contributed by atoms with E-state index in [4.69, 9.17) is 11.6 Å². The van der Waals surface area contributed by atoms with Gasteiger partial charge in [0.1, 0.15) is 0 Å². The monoisotopic (exact) mass is 336 g/mol. The van der Waals surface area contributed by atoms with Crippen LogP contribution in [0.3, 0.4) is 0 Å². The summed E-state index contributed by atoms with van der Waals surface area (Å²) in [6.45, 7) is 8.65. The molecule has 5 nitrogen and oxygen atoms in total. The summed E-state index contributed by atoms with van der Waals surface area (Å²) in [5, 5.41) is 7.04. The molecule has 2 aliphatic rings. The summed E-state index contributed by atoms with van der Waals surface area (Å²) in [7, 11) is 0. The molecule has 2 N–H and O–H groups in total. The molecular weight excluding hydrogens is 312 g/mol. The third-order valence-electron chi connectivity index (χ3n) is 4.78. The zero-order valence-electron chi connectivity index (χ0n) is 13.6. The Morgan fingerprint density at radius 1 is 1.35 bits per heavy atom. The fourth-order valence-electron chi connectivity index (χ4n) is 3.31. The van der Waals surface area contributed by atoms with Gasteiger partial charge in [-0.15, -0.1) is 0 Å². The van der Waals surface area contributed by atoms with E-state index in [-0.39, 0.29) is 5.91 Å². The first-order valence-electron chi connectivity index (χ1n) is 8.35. The second kappa shape index (κ2) is 7.62. The average molecular weight is 337 g/mol. The zero-order chi connectivity index (χ0) is 16.2. The van der Waals surface area contributed by atoms with Gasteiger partial charge in [-0.05, 0) is 37.6 Å². The van der Waals surface area contributed by atoms with E-state index in [1.165, 1.54) is 6.42 Å². The molecule has 126 valence electrons. The molecule has 23 heavy (non-hydrogen) atoms. The lowest BCUT2D eigenvalue weighted by Gasteiger charge is -2.37. The molecule has 1 aromatic carbocycles. The third-order valence-corrected chi connectivity index (χ3v) is 5.19. The summed E-state index contributed by atoms with van der Waals surface area (Å²) in [5.41, 5.74) is 1.78. The van der Waals surface area contributed by atoms with Crippen molar-refractivity contribution in [1.29, 1.82) is 0 Å². The first-order chi connectivity index (χ1) is 11.1. The molecule has 2 fully saturated rings. The summed E-state index contributed by atoms with van der Waals surface area (Å²) in [6.07, 6.45) is 1.24. The number of rotatable bonds is 4. The highest BCUT2D eigenvalue weighted by molar-refractivity contribution is 6.31. The number of piperazine rings is 1. The molecule has 2 saturated heterocycles. The molecule has 3 rings (SSSR count). The molecular formula is C17H25ClN4O. The standard InChI is InChI=1S/C17H25ClN4O/c1-13-2-3-14(10-16(13)18)20-17(23)12-21-6-8-22(9-7-21)15-4-5-19-11-15/h2-3,10,15,19H,4-9,11-12H2,1H3,(H,20,23). The number of nitrogens with one attached hydrogen (secondary N) is 2. The lowest BCUT2D eigenvalue weighted by Crippen LogP contribution is -2.52. The Morgan fingerprint density at radius 2 is 2.13 bits per heavy atom. The summed E-state index contributed by atoms with van der Waals surface area (Å²) in [6, 6.07) is 6.30. The zero-order valence-corrected chi connectivity index (χ0v) is 14.4. The highest BCUT2D eigenvalue weighted by atomic mass is 35.5. The predicted octanol–water partition coefficient (Wildman–Crippen LogP) is 1.57. The highest BCUT2D eigenvalue weighted by Crippen LogP contribution is 2.20. The molecule has 2 heterocycles. The molecule has 0 saturated carbocycles. The summed E-state index contributed by atoms with van der Waals surface area (Å²) >= 11 is 6.10. The number of hydrogen-bond acceptors (Lipinski definition) is 4. The number of carbonyl (C=O) groups excluding carboxylic acids is 1. The first kappa shape index (κ1) is 16.7. The van der Waals surface area contributed by atoms with E-state index in [0.717, 1.165) is 50.5 Å². The van der Waals surface area contributed by atoms with Crippen molar-refractivity contribution in [2.24, 2.45) is 0 Å². The molecule has 1 aromatic rings. The quantitative estimate of drug-likeness (QED) is 0.876. The number of hydrogen-bond donors (Lipinski definition) is 2. The van der Waals surface area contributed by atoms with Crippen LogP contribution in [0.5, 0.6) is 0 Å². The fraction of sp³-hybridized carbons (Fsp3) is 0.588. The Labute approximate surface area is 143 Å². The SMILES string of the molecule is Cc1ccc(NC(=O)CN2CCN(C3CCNC3)CC2)cc1Cl. The van der Waals surface area contributed by atoms with Crippen LogP contribution in [0.15, 0.2) is 18.2 Å². The van der Waals surface area contributed by atoms with Crippen molar-refractivity contribution in [3.63, 3.8) is 0 Å². The number of carbonyl (C=O) groups is 1. The van der Waals surface area contributed by atoms with Crippen LogP contribution in [0.1, 0.15) is 12.0 Å². The van der Waals surface area contributed by atoms with Crippen molar-refractivity contribution < 1.29 is 4.79 Å². The molecule has 2 aliphatic heterocycles. The van der Waals surface area contributed by atoms with Crippen molar-refractivity contribution in [1.82, 2.24) is 15.1 Å². The van der Waals surface area contributed by atoms with Crippen LogP contribution in [0, 0.1) is 6.92 Å². The van der Waals surface area contributed by atoms with Crippen LogP contribution in [0.2, 0.25) is 5.02 Å². The Morgan fingerprint density at radius 3 is 2.78 bits per heavy atom. The van der Waals surface area contributed by atoms with E-state index in [9.17, 15) is 4.79 Å². The normalized spacial score (nSPS) is 23.1. The van der Waals surface area contributed by atoms with E-state index in [2.05, 4.69) is 20.4 Å². The van der Waals surface area contributed by atoms with E-state index < -0.39 is 0 Å². The maximum absolute atomic E-state index is 12.2. The van der Waals surface area contributed by atoms with Gasteiger partial charge in [-0.1, -0.05) is 17.7 Å². The number of halogens is 1. The molecule has 6 heteroatoms. The Hall–Kier alpha value is -1.14. The minimum absolute atomic E-state index is 0.0286. The fourth-order valence-corrected chi connectivity index (χ4v) is 3.49. The van der Waals surface area contributed by atoms with Gasteiger partial charge < -0.3 is 10.6 Å². The van der Waals surface area contributed by atoms with Crippen molar-refractivity contribution in [2.45, 2.75) is 19.4 Å². The van der Waals surface area contributed by atoms with Crippen LogP contribution in [-0.4, -0.2) is 67.6 Å². The Balaban J connectivity index is 1.44. The topological polar surface area (TPSA) is 47.6 Å². The largest absolute Gasteiger partial charge is 0.325 e. The van der Waals surface area contributed by atoms with E-state index in [1.54, 1.807) is 6.07 Å². The Kier molecular flexibility index (Phi) is 5.54. The molecule has 0 aliphatic carbocycles. The van der Waals surface area contributed by atoms with E-state index in [0.29, 0.717) is 17.6 Å². The van der Waals surface area contributed by atoms with E-state index >= 15 is 0 Å². The maximum Gasteiger partial charge on any atom is 0.238 e. The lowest BCUT2D eigenvalue weighted by molar-refractivity contribution is -0.117. The van der Waals surface area contributed by atoms with Gasteiger partial charge in [-0.25, -0.2) is 0 Å². The number of anilines is 1. The molecule has 0 aromatic heterocycles. The summed E-state index contributed by atoms with van der Waals surface area (Å²) < 4.78 is 0. The van der Waals surface area contributed by atoms with Crippen LogP contribution < -0.4 is 10.6 Å². The molecule has 0 bridgehead atoms. The van der Waals surface area contributed by atoms with Crippen molar-refractivity contribution in [3.8, 4) is 0 Å². The number of aryl methyl sites for hydroxylation is 1. The minimum atomic E-state index is 0.0286. The number of amides is 1. The highest BCUT2D eigenvalue weighted by Gasteiger charge is 2.26. The van der Waals surface area contributed by atoms with Crippen LogP contribution >= 0.6 is 11.6 Å². The lowest BCUT2D eigenvalue weighted by atomic mass is 10.2. The van der Waals surface area contributed by atoms with Gasteiger partial charge in [0.15, 0.2) is 0 Å². The summed E-state index contributed by atoms with van der Waals surface area (Å²) in [5.74, 6) is 0.0286. The molecule has 0 spiro atoms. The van der Waals surface area contributed by atoms with Crippen molar-refractivity contribution in [3.05, 3.63) is 28.8 Å². The van der Waals surface area contributed by atoms with E-state index in [1.807, 2.05) is 19.1 Å². The smallest absolute Gasteiger partial charge is 0.238 e. The van der Waals surface area contributed by atoms with Gasteiger partial charge >= 0.3 is 0 Å².